The first-order valence-electron chi connectivity index (χ1n) is 9.47. The van der Waals surface area contributed by atoms with Crippen molar-refractivity contribution >= 4 is 17.6 Å². The van der Waals surface area contributed by atoms with E-state index in [1.165, 1.54) is 19.3 Å². The van der Waals surface area contributed by atoms with Gasteiger partial charge in [0.1, 0.15) is 0 Å². The van der Waals surface area contributed by atoms with Gasteiger partial charge in [0.2, 0.25) is 5.91 Å². The Bertz CT molecular complexity index is 576. The van der Waals surface area contributed by atoms with Gasteiger partial charge in [0.05, 0.1) is 12.5 Å². The summed E-state index contributed by atoms with van der Waals surface area (Å²) in [7, 11) is 0. The molecule has 1 aliphatic carbocycles. The van der Waals surface area contributed by atoms with E-state index in [1.807, 2.05) is 35.2 Å². The third-order valence-electron chi connectivity index (χ3n) is 5.54. The number of carboxylic acids is 1. The lowest BCUT2D eigenvalue weighted by molar-refractivity contribution is -0.143. The zero-order valence-electron chi connectivity index (χ0n) is 14.8. The second-order valence-electron chi connectivity index (χ2n) is 7.28. The maximum atomic E-state index is 13.1. The van der Waals surface area contributed by atoms with Crippen LogP contribution in [0.4, 0.5) is 5.69 Å². The molecule has 0 spiro atoms. The molecule has 0 bridgehead atoms. The van der Waals surface area contributed by atoms with Crippen LogP contribution in [-0.2, 0) is 9.59 Å². The number of aliphatic carboxylic acids is 1. The number of hydrogen-bond donors (Lipinski definition) is 1. The highest BCUT2D eigenvalue weighted by Crippen LogP contribution is 2.28. The number of benzene rings is 1. The lowest BCUT2D eigenvalue weighted by Crippen LogP contribution is -2.48. The van der Waals surface area contributed by atoms with E-state index in [9.17, 15) is 9.59 Å². The molecule has 1 saturated carbocycles. The molecule has 5 heteroatoms. The van der Waals surface area contributed by atoms with Crippen molar-refractivity contribution < 1.29 is 14.7 Å². The molecule has 2 fully saturated rings. The highest BCUT2D eigenvalue weighted by atomic mass is 16.4. The average molecular weight is 344 g/mol. The number of anilines is 1. The fraction of sp³-hybridized carbons (Fsp3) is 0.600. The number of piperidine rings is 1. The minimum Gasteiger partial charge on any atom is -0.481 e. The van der Waals surface area contributed by atoms with Crippen molar-refractivity contribution in [3.05, 3.63) is 30.3 Å². The zero-order valence-corrected chi connectivity index (χ0v) is 14.8. The Balaban J connectivity index is 1.66. The number of rotatable bonds is 5. The van der Waals surface area contributed by atoms with Crippen molar-refractivity contribution in [2.75, 3.05) is 24.5 Å². The minimum absolute atomic E-state index is 0.145. The second kappa shape index (κ2) is 8.48. The van der Waals surface area contributed by atoms with Gasteiger partial charge in [-0.2, -0.15) is 0 Å². The van der Waals surface area contributed by atoms with Gasteiger partial charge in [0.25, 0.3) is 0 Å². The normalized spacial score (nSPS) is 20.3. The van der Waals surface area contributed by atoms with Crippen molar-refractivity contribution in [2.24, 2.45) is 5.92 Å². The summed E-state index contributed by atoms with van der Waals surface area (Å²) in [5.41, 5.74) is 0.986. The fourth-order valence-electron chi connectivity index (χ4n) is 4.09. The highest BCUT2D eigenvalue weighted by molar-refractivity contribution is 5.95. The molecule has 5 nitrogen and oxygen atoms in total. The molecule has 136 valence electrons. The zero-order chi connectivity index (χ0) is 17.6. The molecule has 0 aromatic heterocycles. The molecule has 1 aromatic rings. The summed E-state index contributed by atoms with van der Waals surface area (Å²) in [6.45, 7) is 1.77. The first kappa shape index (κ1) is 17.9. The van der Waals surface area contributed by atoms with Crippen LogP contribution >= 0.6 is 0 Å². The summed E-state index contributed by atoms with van der Waals surface area (Å²) in [6.07, 6.45) is 7.05. The van der Waals surface area contributed by atoms with Crippen LogP contribution in [0, 0.1) is 5.92 Å². The number of hydrogen-bond acceptors (Lipinski definition) is 3. The van der Waals surface area contributed by atoms with Crippen molar-refractivity contribution in [2.45, 2.75) is 51.0 Å². The van der Waals surface area contributed by atoms with Crippen LogP contribution in [0.15, 0.2) is 30.3 Å². The van der Waals surface area contributed by atoms with Gasteiger partial charge >= 0.3 is 5.97 Å². The van der Waals surface area contributed by atoms with E-state index < -0.39 is 5.97 Å². The molecule has 0 radical (unpaired) electrons. The van der Waals surface area contributed by atoms with Crippen LogP contribution in [0.5, 0.6) is 0 Å². The molecule has 1 heterocycles. The predicted octanol–water partition coefficient (Wildman–Crippen LogP) is 3.15. The van der Waals surface area contributed by atoms with E-state index >= 15 is 0 Å². The third-order valence-corrected chi connectivity index (χ3v) is 5.54. The number of carbonyl (C=O) groups is 2. The summed E-state index contributed by atoms with van der Waals surface area (Å²) in [5, 5.41) is 9.12. The summed E-state index contributed by atoms with van der Waals surface area (Å²) >= 11 is 0. The molecule has 2 aliphatic rings. The van der Waals surface area contributed by atoms with Gasteiger partial charge in [-0.05, 0) is 50.9 Å². The molecule has 0 atom stereocenters. The number of likely N-dealkylation sites (tertiary alicyclic amines) is 1. The van der Waals surface area contributed by atoms with Gasteiger partial charge < -0.3 is 10.0 Å². The van der Waals surface area contributed by atoms with E-state index in [1.54, 1.807) is 0 Å². The van der Waals surface area contributed by atoms with Crippen LogP contribution in [0.25, 0.3) is 0 Å². The van der Waals surface area contributed by atoms with Crippen LogP contribution < -0.4 is 4.90 Å². The van der Waals surface area contributed by atoms with E-state index in [4.69, 9.17) is 5.11 Å². The second-order valence-corrected chi connectivity index (χ2v) is 7.28. The first-order valence-corrected chi connectivity index (χ1v) is 9.47. The molecule has 0 unspecified atom stereocenters. The molecule has 1 aromatic carbocycles. The third kappa shape index (κ3) is 4.60. The quantitative estimate of drug-likeness (QED) is 0.891. The van der Waals surface area contributed by atoms with Gasteiger partial charge in [0, 0.05) is 11.7 Å². The number of carbonyl (C=O) groups excluding carboxylic acids is 1. The molecule has 1 aliphatic heterocycles. The Morgan fingerprint density at radius 2 is 1.64 bits per heavy atom. The average Bonchev–Trinajstić information content (AvgIpc) is 2.64. The Morgan fingerprint density at radius 1 is 1.00 bits per heavy atom. The summed E-state index contributed by atoms with van der Waals surface area (Å²) in [6, 6.07) is 10.3. The summed E-state index contributed by atoms with van der Waals surface area (Å²) < 4.78 is 0. The number of para-hydroxylation sites is 1. The Hall–Kier alpha value is -1.88. The molecule has 3 rings (SSSR count). The summed E-state index contributed by atoms with van der Waals surface area (Å²) in [5.74, 6) is -0.819. The van der Waals surface area contributed by atoms with Crippen molar-refractivity contribution in [3.8, 4) is 0 Å². The van der Waals surface area contributed by atoms with Crippen LogP contribution in [-0.4, -0.2) is 47.6 Å². The Morgan fingerprint density at radius 3 is 2.24 bits per heavy atom. The van der Waals surface area contributed by atoms with Crippen molar-refractivity contribution in [1.82, 2.24) is 4.90 Å². The van der Waals surface area contributed by atoms with Gasteiger partial charge in [-0.3, -0.25) is 14.5 Å². The lowest BCUT2D eigenvalue weighted by atomic mass is 9.93. The fourth-order valence-corrected chi connectivity index (χ4v) is 4.09. The summed E-state index contributed by atoms with van der Waals surface area (Å²) in [4.78, 5) is 28.3. The van der Waals surface area contributed by atoms with Gasteiger partial charge in [-0.25, -0.2) is 0 Å². The molecular weight excluding hydrogens is 316 g/mol. The molecule has 1 amide bonds. The molecule has 25 heavy (non-hydrogen) atoms. The van der Waals surface area contributed by atoms with Crippen LogP contribution in [0.2, 0.25) is 0 Å². The van der Waals surface area contributed by atoms with Crippen LogP contribution in [0.1, 0.15) is 44.9 Å². The maximum absolute atomic E-state index is 13.1. The Labute approximate surface area is 149 Å². The van der Waals surface area contributed by atoms with Crippen molar-refractivity contribution in [1.29, 1.82) is 0 Å². The molecular formula is C20H28N2O3. The van der Waals surface area contributed by atoms with Crippen LogP contribution in [0.3, 0.4) is 0 Å². The van der Waals surface area contributed by atoms with E-state index in [0.29, 0.717) is 38.5 Å². The van der Waals surface area contributed by atoms with E-state index in [-0.39, 0.29) is 11.8 Å². The molecule has 1 saturated heterocycles. The Kier molecular flexibility index (Phi) is 6.08. The number of carboxylic acid groups (broad SMARTS) is 1. The van der Waals surface area contributed by atoms with E-state index in [2.05, 4.69) is 4.90 Å². The van der Waals surface area contributed by atoms with Gasteiger partial charge in [0.15, 0.2) is 0 Å². The number of amides is 1. The SMILES string of the molecule is O=C(O)C1CCN(CC(=O)N(c2ccccc2)C2CCCCC2)CC1. The smallest absolute Gasteiger partial charge is 0.306 e. The monoisotopic (exact) mass is 344 g/mol. The minimum atomic E-state index is -0.709. The van der Waals surface area contributed by atoms with Gasteiger partial charge in [-0.1, -0.05) is 37.5 Å². The predicted molar refractivity (Wildman–Crippen MR) is 97.6 cm³/mol. The standard InChI is InChI=1S/C20H28N2O3/c23-19(15-21-13-11-16(12-14-21)20(24)25)22(17-7-3-1-4-8-17)18-9-5-2-6-10-18/h1,3-4,7-8,16,18H,2,5-6,9-15H2,(H,24,25). The topological polar surface area (TPSA) is 60.9 Å². The number of nitrogens with zero attached hydrogens (tertiary/aromatic N) is 2. The van der Waals surface area contributed by atoms with Crippen molar-refractivity contribution in [3.63, 3.8) is 0 Å². The lowest BCUT2D eigenvalue weighted by Gasteiger charge is -2.37. The van der Waals surface area contributed by atoms with Gasteiger partial charge in [-0.15, -0.1) is 0 Å². The maximum Gasteiger partial charge on any atom is 0.306 e. The van der Waals surface area contributed by atoms with E-state index in [0.717, 1.165) is 18.5 Å². The first-order chi connectivity index (χ1) is 12.1. The molecule has 1 N–H and O–H groups in total. The largest absolute Gasteiger partial charge is 0.481 e. The highest BCUT2D eigenvalue weighted by Gasteiger charge is 2.30.